The fraction of sp³-hybridized carbons (Fsp3) is 0.524. The number of rotatable bonds is 10. The Morgan fingerprint density at radius 1 is 1.27 bits per heavy atom. The van der Waals surface area contributed by atoms with Gasteiger partial charge in [0.1, 0.15) is 12.0 Å². The number of hydrogen-bond acceptors (Lipinski definition) is 5. The van der Waals surface area contributed by atoms with Crippen molar-refractivity contribution in [2.45, 2.75) is 46.6 Å². The van der Waals surface area contributed by atoms with E-state index in [0.29, 0.717) is 17.9 Å². The number of nitrogens with zero attached hydrogens (tertiary/aromatic N) is 1. The van der Waals surface area contributed by atoms with Gasteiger partial charge in [-0.3, -0.25) is 15.9 Å². The van der Waals surface area contributed by atoms with Crippen LogP contribution in [0.2, 0.25) is 0 Å². The molecule has 1 rings (SSSR count). The zero-order chi connectivity index (χ0) is 22.4. The van der Waals surface area contributed by atoms with Crippen molar-refractivity contribution in [3.05, 3.63) is 47.4 Å². The van der Waals surface area contributed by atoms with Crippen LogP contribution in [-0.2, 0) is 58.8 Å². The molecule has 2 N–H and O–H groups in total. The van der Waals surface area contributed by atoms with E-state index in [1.165, 1.54) is 0 Å². The molecule has 0 aliphatic heterocycles. The number of ether oxygens (including phenoxy) is 2. The third-order valence-electron chi connectivity index (χ3n) is 4.11. The van der Waals surface area contributed by atoms with Gasteiger partial charge >= 0.3 is 13.6 Å². The maximum absolute atomic E-state index is 11.4. The van der Waals surface area contributed by atoms with Crippen LogP contribution in [0.25, 0.3) is 0 Å². The molecule has 9 heteroatoms. The van der Waals surface area contributed by atoms with Crippen LogP contribution in [0.4, 0.5) is 0 Å². The first-order chi connectivity index (χ1) is 13.2. The first kappa shape index (κ1) is 29.4. The van der Waals surface area contributed by atoms with Gasteiger partial charge in [0.25, 0.3) is 0 Å². The van der Waals surface area contributed by atoms with E-state index in [-0.39, 0.29) is 57.6 Å². The monoisotopic (exact) mass is 515 g/mol. The third-order valence-corrected chi connectivity index (χ3v) is 4.96. The summed E-state index contributed by atoms with van der Waals surface area (Å²) in [6.07, 6.45) is 1.36. The smallest absolute Gasteiger partial charge is 0.339 e. The summed E-state index contributed by atoms with van der Waals surface area (Å²) >= 11 is 0. The normalized spacial score (nSPS) is 11.8. The number of carbonyl (C=O) groups is 1. The molecule has 0 saturated heterocycles. The van der Waals surface area contributed by atoms with Gasteiger partial charge in [-0.15, -0.1) is 0 Å². The predicted molar refractivity (Wildman–Crippen MR) is 114 cm³/mol. The molecule has 0 heterocycles. The Hall–Kier alpha value is -0.556. The van der Waals surface area contributed by atoms with Crippen LogP contribution in [0.1, 0.15) is 44.4 Å². The minimum atomic E-state index is -4.15. The molecule has 0 saturated carbocycles. The Morgan fingerprint density at radius 2 is 1.87 bits per heavy atom. The van der Waals surface area contributed by atoms with Gasteiger partial charge in [-0.1, -0.05) is 39.5 Å². The summed E-state index contributed by atoms with van der Waals surface area (Å²) in [6.45, 7) is 14.0. The second-order valence-electron chi connectivity index (χ2n) is 8.33. The van der Waals surface area contributed by atoms with Crippen molar-refractivity contribution < 1.29 is 61.3 Å². The number of carbonyl (C=O) groups excluding carboxylic acids is 1. The van der Waals surface area contributed by atoms with Gasteiger partial charge in [0.15, 0.2) is 0 Å². The van der Waals surface area contributed by atoms with Gasteiger partial charge in [0.2, 0.25) is 0 Å². The molecule has 1 aromatic carbocycles. The van der Waals surface area contributed by atoms with Crippen molar-refractivity contribution in [3.63, 3.8) is 0 Å². The van der Waals surface area contributed by atoms with Gasteiger partial charge in [0, 0.05) is 50.4 Å². The van der Waals surface area contributed by atoms with Gasteiger partial charge in [-0.2, -0.15) is 0 Å². The van der Waals surface area contributed by atoms with E-state index in [9.17, 15) is 19.1 Å². The molecule has 0 atom stereocenters. The predicted octanol–water partition coefficient (Wildman–Crippen LogP) is 3.56. The Balaban J connectivity index is 0.00000841. The molecule has 0 bridgehead atoms. The Kier molecular flexibility index (Phi) is 12.2. The first-order valence-corrected chi connectivity index (χ1v) is 11.1. The van der Waals surface area contributed by atoms with E-state index in [4.69, 9.17) is 9.47 Å². The zero-order valence-electron chi connectivity index (χ0n) is 18.8. The molecule has 1 aromatic rings. The second-order valence-corrected chi connectivity index (χ2v) is 9.94. The van der Waals surface area contributed by atoms with Crippen molar-refractivity contribution in [2.75, 3.05) is 26.5 Å². The topological polar surface area (TPSA) is 96.3 Å². The average molecular weight is 515 g/mol. The minimum absolute atomic E-state index is 0. The van der Waals surface area contributed by atoms with Crippen LogP contribution in [0.15, 0.2) is 24.3 Å². The second kappa shape index (κ2) is 12.5. The van der Waals surface area contributed by atoms with Gasteiger partial charge in [0.05, 0.1) is 0 Å². The largest absolute Gasteiger partial charge is 0.524 e. The number of esters is 1. The molecule has 167 valence electrons. The van der Waals surface area contributed by atoms with Crippen LogP contribution in [0.5, 0.6) is 5.75 Å². The molecule has 0 amide bonds. The number of hydrogen-bond donors (Lipinski definition) is 2. The average Bonchev–Trinajstić information content (AvgIpc) is 2.53. The molecule has 30 heavy (non-hydrogen) atoms. The number of benzene rings is 1. The molecule has 0 unspecified atom stereocenters. The summed E-state index contributed by atoms with van der Waals surface area (Å²) in [5.41, 5.74) is 3.15. The maximum atomic E-state index is 11.4. The molecule has 0 aliphatic rings. The van der Waals surface area contributed by atoms with Crippen LogP contribution in [0, 0.1) is 13.3 Å². The summed E-state index contributed by atoms with van der Waals surface area (Å²) in [5.74, 6) is 0.213. The molecule has 0 spiro atoms. The third kappa shape index (κ3) is 10.7. The fourth-order valence-electron chi connectivity index (χ4n) is 2.71. The summed E-state index contributed by atoms with van der Waals surface area (Å²) < 4.78 is 22.3. The van der Waals surface area contributed by atoms with E-state index in [1.807, 2.05) is 13.0 Å². The van der Waals surface area contributed by atoms with Crippen LogP contribution < -0.4 is 4.74 Å². The van der Waals surface area contributed by atoms with Crippen LogP contribution in [0.3, 0.4) is 0 Å². The Labute approximate surface area is 205 Å². The molecule has 0 aromatic heterocycles. The molecular formula is C21H33NO6PY-. The summed E-state index contributed by atoms with van der Waals surface area (Å²) in [4.78, 5) is 31.5. The molecule has 0 aliphatic carbocycles. The number of aryl methyl sites for hydroxylation is 1. The standard InChI is InChI=1S/C21H33NO6P.Y/c1-15(2)20(23)28-10-8-9-27-19-16(3)11-18(21(4,5)6)12-17(19)13-22(7)14-29(24,25)26;/h8,11-12H,1,9-10,13-14H2,2-7H3,(H2,24,25,26);/q-1;. The van der Waals surface area contributed by atoms with Crippen LogP contribution >= 0.6 is 7.60 Å². The summed E-state index contributed by atoms with van der Waals surface area (Å²) in [5, 5.41) is 0. The van der Waals surface area contributed by atoms with Crippen molar-refractivity contribution >= 4 is 13.6 Å². The Bertz CT molecular complexity index is 784. The maximum Gasteiger partial charge on any atom is 0.339 e. The fourth-order valence-corrected chi connectivity index (χ4v) is 3.44. The summed E-state index contributed by atoms with van der Waals surface area (Å²) in [6, 6.07) is 4.07. The van der Waals surface area contributed by atoms with Crippen molar-refractivity contribution in [3.8, 4) is 5.75 Å². The van der Waals surface area contributed by atoms with Gasteiger partial charge in [-0.05, 0) is 50.7 Å². The van der Waals surface area contributed by atoms with Crippen molar-refractivity contribution in [1.29, 1.82) is 0 Å². The van der Waals surface area contributed by atoms with Crippen LogP contribution in [-0.4, -0.2) is 47.2 Å². The molecule has 0 fully saturated rings. The van der Waals surface area contributed by atoms with E-state index in [2.05, 4.69) is 33.4 Å². The SMILES string of the molecule is C=C(C)C(=O)OC[CH-]COc1c(C)cc(C(C)(C)C)cc1CN(C)CP(=O)(O)O.[Y]. The van der Waals surface area contributed by atoms with E-state index < -0.39 is 13.6 Å². The van der Waals surface area contributed by atoms with E-state index >= 15 is 0 Å². The van der Waals surface area contributed by atoms with Gasteiger partial charge in [-0.25, -0.2) is 4.79 Å². The van der Waals surface area contributed by atoms with Crippen molar-refractivity contribution in [2.24, 2.45) is 0 Å². The Morgan fingerprint density at radius 3 is 2.37 bits per heavy atom. The molecule has 7 nitrogen and oxygen atoms in total. The quantitative estimate of drug-likeness (QED) is 0.162. The van der Waals surface area contributed by atoms with E-state index in [0.717, 1.165) is 16.7 Å². The van der Waals surface area contributed by atoms with E-state index in [1.54, 1.807) is 25.3 Å². The van der Waals surface area contributed by atoms with Gasteiger partial charge < -0.3 is 19.3 Å². The molecule has 1 radical (unpaired) electrons. The summed E-state index contributed by atoms with van der Waals surface area (Å²) in [7, 11) is -2.50. The minimum Gasteiger partial charge on any atom is -0.524 e. The first-order valence-electron chi connectivity index (χ1n) is 9.35. The molecular weight excluding hydrogens is 482 g/mol. The zero-order valence-corrected chi connectivity index (χ0v) is 22.5. The van der Waals surface area contributed by atoms with Crippen molar-refractivity contribution in [1.82, 2.24) is 4.90 Å².